The summed E-state index contributed by atoms with van der Waals surface area (Å²) >= 11 is 0. The molecular weight excluding hydrogens is 176 g/mol. The van der Waals surface area contributed by atoms with Crippen molar-refractivity contribution in [1.82, 2.24) is 4.90 Å². The summed E-state index contributed by atoms with van der Waals surface area (Å²) in [6.45, 7) is 2.85. The van der Waals surface area contributed by atoms with Crippen LogP contribution in [0.5, 0.6) is 0 Å². The van der Waals surface area contributed by atoms with Gasteiger partial charge in [-0.25, -0.2) is 0 Å². The summed E-state index contributed by atoms with van der Waals surface area (Å²) in [7, 11) is 0. The standard InChI is InChI=1S/C11H16N2O/c12-6-5-11(3-4-11)9-13-7-1-10(14)2-8-13/h1-5,7-9H2. The van der Waals surface area contributed by atoms with E-state index in [-0.39, 0.29) is 0 Å². The van der Waals surface area contributed by atoms with Gasteiger partial charge in [-0.2, -0.15) is 5.26 Å². The fourth-order valence-electron chi connectivity index (χ4n) is 2.17. The van der Waals surface area contributed by atoms with E-state index in [1.807, 2.05) is 0 Å². The van der Waals surface area contributed by atoms with Gasteiger partial charge < -0.3 is 4.90 Å². The molecule has 0 radical (unpaired) electrons. The Morgan fingerprint density at radius 2 is 2.00 bits per heavy atom. The molecule has 1 aliphatic carbocycles. The lowest BCUT2D eigenvalue weighted by atomic mass is 10.0. The summed E-state index contributed by atoms with van der Waals surface area (Å²) in [5.41, 5.74) is 0.301. The van der Waals surface area contributed by atoms with E-state index in [1.165, 1.54) is 12.8 Å². The van der Waals surface area contributed by atoms with Gasteiger partial charge in [-0.3, -0.25) is 4.79 Å². The zero-order valence-electron chi connectivity index (χ0n) is 8.46. The molecule has 3 heteroatoms. The maximum Gasteiger partial charge on any atom is 0.135 e. The molecule has 14 heavy (non-hydrogen) atoms. The van der Waals surface area contributed by atoms with Gasteiger partial charge in [0, 0.05) is 38.9 Å². The number of nitriles is 1. The summed E-state index contributed by atoms with van der Waals surface area (Å²) in [6.07, 6.45) is 4.51. The predicted octanol–water partition coefficient (Wildman–Crippen LogP) is 1.35. The number of Topliss-reactive ketones (excluding diaryl/α,β-unsaturated/α-hetero) is 1. The lowest BCUT2D eigenvalue weighted by Crippen LogP contribution is -2.37. The minimum Gasteiger partial charge on any atom is -0.302 e. The normalized spacial score (nSPS) is 25.8. The van der Waals surface area contributed by atoms with Gasteiger partial charge >= 0.3 is 0 Å². The molecule has 3 nitrogen and oxygen atoms in total. The van der Waals surface area contributed by atoms with E-state index in [9.17, 15) is 4.79 Å². The number of piperidine rings is 1. The van der Waals surface area contributed by atoms with Gasteiger partial charge in [-0.15, -0.1) is 0 Å². The molecule has 0 bridgehead atoms. The van der Waals surface area contributed by atoms with Crippen molar-refractivity contribution < 1.29 is 4.79 Å². The Morgan fingerprint density at radius 1 is 1.36 bits per heavy atom. The van der Waals surface area contributed by atoms with Crippen LogP contribution >= 0.6 is 0 Å². The molecule has 0 atom stereocenters. The van der Waals surface area contributed by atoms with Gasteiger partial charge in [0.05, 0.1) is 6.07 Å². The van der Waals surface area contributed by atoms with Crippen LogP contribution < -0.4 is 0 Å². The van der Waals surface area contributed by atoms with Crippen LogP contribution in [-0.4, -0.2) is 30.3 Å². The van der Waals surface area contributed by atoms with Crippen molar-refractivity contribution in [3.8, 4) is 6.07 Å². The molecule has 2 rings (SSSR count). The maximum absolute atomic E-state index is 11.0. The predicted molar refractivity (Wildman–Crippen MR) is 52.6 cm³/mol. The number of likely N-dealkylation sites (tertiary alicyclic amines) is 1. The largest absolute Gasteiger partial charge is 0.302 e. The Labute approximate surface area is 84.7 Å². The van der Waals surface area contributed by atoms with Crippen LogP contribution in [0.1, 0.15) is 32.1 Å². The summed E-state index contributed by atoms with van der Waals surface area (Å²) in [4.78, 5) is 13.4. The van der Waals surface area contributed by atoms with Crippen LogP contribution in [0.4, 0.5) is 0 Å². The zero-order chi connectivity index (χ0) is 10.0. The average Bonchev–Trinajstić information content (AvgIpc) is 2.90. The fraction of sp³-hybridized carbons (Fsp3) is 0.818. The number of ketones is 1. The van der Waals surface area contributed by atoms with Crippen LogP contribution in [0.3, 0.4) is 0 Å². The molecule has 1 saturated carbocycles. The summed E-state index contributed by atoms with van der Waals surface area (Å²) < 4.78 is 0. The smallest absolute Gasteiger partial charge is 0.135 e. The highest BCUT2D eigenvalue weighted by Gasteiger charge is 2.43. The molecule has 1 heterocycles. The minimum absolute atomic E-state index is 0.301. The van der Waals surface area contributed by atoms with Crippen LogP contribution in [0.15, 0.2) is 0 Å². The first kappa shape index (κ1) is 9.67. The summed E-state index contributed by atoms with van der Waals surface area (Å²) in [5, 5.41) is 8.69. The SMILES string of the molecule is N#CCC1(CN2CCC(=O)CC2)CC1. The van der Waals surface area contributed by atoms with Crippen molar-refractivity contribution in [3.63, 3.8) is 0 Å². The molecule has 2 aliphatic rings. The van der Waals surface area contributed by atoms with Crippen molar-refractivity contribution in [1.29, 1.82) is 5.26 Å². The number of carbonyl (C=O) groups excluding carboxylic acids is 1. The average molecular weight is 192 g/mol. The van der Waals surface area contributed by atoms with Crippen molar-refractivity contribution in [2.24, 2.45) is 5.41 Å². The van der Waals surface area contributed by atoms with E-state index in [0.29, 0.717) is 30.5 Å². The van der Waals surface area contributed by atoms with Crippen molar-refractivity contribution in [3.05, 3.63) is 0 Å². The maximum atomic E-state index is 11.0. The molecule has 1 aliphatic heterocycles. The number of hydrogen-bond donors (Lipinski definition) is 0. The van der Waals surface area contributed by atoms with Gasteiger partial charge in [0.15, 0.2) is 0 Å². The van der Waals surface area contributed by atoms with Gasteiger partial charge in [0.2, 0.25) is 0 Å². The van der Waals surface area contributed by atoms with E-state index in [4.69, 9.17) is 5.26 Å². The number of rotatable bonds is 3. The molecule has 0 aromatic rings. The minimum atomic E-state index is 0.301. The Balaban J connectivity index is 1.81. The second-order valence-electron chi connectivity index (χ2n) is 4.65. The highest BCUT2D eigenvalue weighted by Crippen LogP contribution is 2.49. The lowest BCUT2D eigenvalue weighted by Gasteiger charge is -2.29. The third-order valence-electron chi connectivity index (χ3n) is 3.38. The molecule has 1 saturated heterocycles. The van der Waals surface area contributed by atoms with Crippen LogP contribution in [-0.2, 0) is 4.79 Å². The highest BCUT2D eigenvalue weighted by atomic mass is 16.1. The van der Waals surface area contributed by atoms with Crippen molar-refractivity contribution in [2.75, 3.05) is 19.6 Å². The fourth-order valence-corrected chi connectivity index (χ4v) is 2.17. The zero-order valence-corrected chi connectivity index (χ0v) is 8.46. The van der Waals surface area contributed by atoms with E-state index in [1.54, 1.807) is 0 Å². The van der Waals surface area contributed by atoms with Crippen LogP contribution in [0.25, 0.3) is 0 Å². The first-order valence-corrected chi connectivity index (χ1v) is 5.35. The summed E-state index contributed by atoms with van der Waals surface area (Å²) in [5.74, 6) is 0.395. The van der Waals surface area contributed by atoms with Gasteiger partial charge in [0.1, 0.15) is 5.78 Å². The molecule has 76 valence electrons. The molecule has 0 unspecified atom stereocenters. The third kappa shape index (κ3) is 2.13. The quantitative estimate of drug-likeness (QED) is 0.678. The second kappa shape index (κ2) is 3.70. The van der Waals surface area contributed by atoms with Crippen molar-refractivity contribution in [2.45, 2.75) is 32.1 Å². The molecular formula is C11H16N2O. The number of carbonyl (C=O) groups is 1. The van der Waals surface area contributed by atoms with Gasteiger partial charge in [-0.05, 0) is 18.3 Å². The Kier molecular flexibility index (Phi) is 2.56. The van der Waals surface area contributed by atoms with E-state index >= 15 is 0 Å². The van der Waals surface area contributed by atoms with Crippen LogP contribution in [0, 0.1) is 16.7 Å². The molecule has 0 aromatic heterocycles. The molecule has 0 aromatic carbocycles. The monoisotopic (exact) mass is 192 g/mol. The Hall–Kier alpha value is -0.880. The Morgan fingerprint density at radius 3 is 2.50 bits per heavy atom. The van der Waals surface area contributed by atoms with E-state index < -0.39 is 0 Å². The second-order valence-corrected chi connectivity index (χ2v) is 4.65. The van der Waals surface area contributed by atoms with Crippen molar-refractivity contribution >= 4 is 5.78 Å². The van der Waals surface area contributed by atoms with Gasteiger partial charge in [0.25, 0.3) is 0 Å². The molecule has 2 fully saturated rings. The van der Waals surface area contributed by atoms with E-state index in [2.05, 4.69) is 11.0 Å². The van der Waals surface area contributed by atoms with Gasteiger partial charge in [-0.1, -0.05) is 0 Å². The number of nitrogens with zero attached hydrogens (tertiary/aromatic N) is 2. The van der Waals surface area contributed by atoms with Crippen LogP contribution in [0.2, 0.25) is 0 Å². The first-order valence-electron chi connectivity index (χ1n) is 5.35. The van der Waals surface area contributed by atoms with E-state index in [0.717, 1.165) is 19.6 Å². The highest BCUT2D eigenvalue weighted by molar-refractivity contribution is 5.79. The molecule has 0 spiro atoms. The molecule has 0 amide bonds. The topological polar surface area (TPSA) is 44.1 Å². The third-order valence-corrected chi connectivity index (χ3v) is 3.38. The summed E-state index contributed by atoms with van der Waals surface area (Å²) in [6, 6.07) is 2.28. The number of hydrogen-bond acceptors (Lipinski definition) is 3. The Bertz CT molecular complexity index is 266. The lowest BCUT2D eigenvalue weighted by molar-refractivity contribution is -0.121. The molecule has 0 N–H and O–H groups in total. The first-order chi connectivity index (χ1) is 6.74.